The zero-order chi connectivity index (χ0) is 16.9. The number of likely N-dealkylation sites (tertiary alicyclic amines) is 2. The van der Waals surface area contributed by atoms with Crippen LogP contribution >= 0.6 is 0 Å². The SMILES string of the molecule is N[C@H]1CCCCC[C@H]1C(=O)N1CCC(CC(=O)N2CCCC2)CC1. The largest absolute Gasteiger partial charge is 0.343 e. The molecule has 2 amide bonds. The van der Waals surface area contributed by atoms with Gasteiger partial charge in [0.05, 0.1) is 5.92 Å². The highest BCUT2D eigenvalue weighted by atomic mass is 16.2. The van der Waals surface area contributed by atoms with E-state index in [-0.39, 0.29) is 17.9 Å². The maximum atomic E-state index is 12.8. The van der Waals surface area contributed by atoms with Crippen molar-refractivity contribution in [1.82, 2.24) is 9.80 Å². The minimum Gasteiger partial charge on any atom is -0.343 e. The Kier molecular flexibility index (Phi) is 6.14. The Morgan fingerprint density at radius 2 is 1.46 bits per heavy atom. The first kappa shape index (κ1) is 17.7. The summed E-state index contributed by atoms with van der Waals surface area (Å²) in [5.74, 6) is 1.07. The van der Waals surface area contributed by atoms with Crippen LogP contribution in [0.15, 0.2) is 0 Å². The van der Waals surface area contributed by atoms with Gasteiger partial charge in [-0.3, -0.25) is 9.59 Å². The van der Waals surface area contributed by atoms with Gasteiger partial charge in [0.15, 0.2) is 0 Å². The van der Waals surface area contributed by atoms with Gasteiger partial charge >= 0.3 is 0 Å². The van der Waals surface area contributed by atoms with E-state index in [1.807, 2.05) is 9.80 Å². The van der Waals surface area contributed by atoms with Crippen LogP contribution in [0.1, 0.15) is 64.2 Å². The molecular formula is C19H33N3O2. The lowest BCUT2D eigenvalue weighted by Gasteiger charge is -2.35. The Labute approximate surface area is 145 Å². The second kappa shape index (κ2) is 8.32. The second-order valence-electron chi connectivity index (χ2n) is 7.97. The molecule has 2 saturated heterocycles. The molecule has 0 spiro atoms. The van der Waals surface area contributed by atoms with E-state index in [0.717, 1.165) is 77.5 Å². The molecule has 2 heterocycles. The van der Waals surface area contributed by atoms with Crippen molar-refractivity contribution in [2.75, 3.05) is 26.2 Å². The zero-order valence-electron chi connectivity index (χ0n) is 14.9. The number of rotatable bonds is 3. The molecule has 24 heavy (non-hydrogen) atoms. The van der Waals surface area contributed by atoms with E-state index in [1.165, 1.54) is 6.42 Å². The molecule has 1 saturated carbocycles. The van der Waals surface area contributed by atoms with Gasteiger partial charge in [0.25, 0.3) is 0 Å². The summed E-state index contributed by atoms with van der Waals surface area (Å²) in [6.45, 7) is 3.49. The first-order valence-corrected chi connectivity index (χ1v) is 9.97. The summed E-state index contributed by atoms with van der Waals surface area (Å²) in [5, 5.41) is 0. The number of nitrogens with zero attached hydrogens (tertiary/aromatic N) is 2. The standard InChI is InChI=1S/C19H33N3O2/c20-17-7-3-1-2-6-16(17)19(24)22-12-8-15(9-13-22)14-18(23)21-10-4-5-11-21/h15-17H,1-14,20H2/t16-,17+/m1/s1. The van der Waals surface area contributed by atoms with Crippen LogP contribution < -0.4 is 5.73 Å². The third-order valence-electron chi connectivity index (χ3n) is 6.23. The van der Waals surface area contributed by atoms with Crippen molar-refractivity contribution < 1.29 is 9.59 Å². The van der Waals surface area contributed by atoms with E-state index in [2.05, 4.69) is 0 Å². The fourth-order valence-electron chi connectivity index (χ4n) is 4.58. The molecule has 136 valence electrons. The number of piperidine rings is 1. The molecule has 0 radical (unpaired) electrons. The van der Waals surface area contributed by atoms with Gasteiger partial charge < -0.3 is 15.5 Å². The molecule has 3 fully saturated rings. The summed E-state index contributed by atoms with van der Waals surface area (Å²) in [5.41, 5.74) is 6.25. The molecule has 2 aliphatic heterocycles. The molecule has 2 N–H and O–H groups in total. The lowest BCUT2D eigenvalue weighted by molar-refractivity contribution is -0.138. The van der Waals surface area contributed by atoms with Gasteiger partial charge in [-0.25, -0.2) is 0 Å². The van der Waals surface area contributed by atoms with Crippen LogP contribution in [0.5, 0.6) is 0 Å². The van der Waals surface area contributed by atoms with E-state index in [0.29, 0.717) is 18.2 Å². The number of hydrogen-bond donors (Lipinski definition) is 1. The van der Waals surface area contributed by atoms with Gasteiger partial charge in [0.1, 0.15) is 0 Å². The molecule has 0 aromatic rings. The van der Waals surface area contributed by atoms with Gasteiger partial charge in [-0.05, 0) is 44.4 Å². The summed E-state index contributed by atoms with van der Waals surface area (Å²) >= 11 is 0. The first-order valence-electron chi connectivity index (χ1n) is 9.97. The van der Waals surface area contributed by atoms with Crippen LogP contribution in [0.25, 0.3) is 0 Å². The number of carbonyl (C=O) groups excluding carboxylic acids is 2. The monoisotopic (exact) mass is 335 g/mol. The Morgan fingerprint density at radius 3 is 2.17 bits per heavy atom. The van der Waals surface area contributed by atoms with Crippen molar-refractivity contribution in [2.45, 2.75) is 70.3 Å². The van der Waals surface area contributed by atoms with Crippen LogP contribution in [-0.4, -0.2) is 53.8 Å². The Balaban J connectivity index is 1.45. The molecule has 0 aromatic heterocycles. The second-order valence-corrected chi connectivity index (χ2v) is 7.97. The molecule has 5 nitrogen and oxygen atoms in total. The van der Waals surface area contributed by atoms with Crippen LogP contribution in [0, 0.1) is 11.8 Å². The summed E-state index contributed by atoms with van der Waals surface area (Å²) in [6, 6.07) is 0.0365. The van der Waals surface area contributed by atoms with E-state index in [1.54, 1.807) is 0 Å². The topological polar surface area (TPSA) is 66.6 Å². The predicted octanol–water partition coefficient (Wildman–Crippen LogP) is 2.15. The van der Waals surface area contributed by atoms with Crippen LogP contribution in [-0.2, 0) is 9.59 Å². The molecule has 0 unspecified atom stereocenters. The molecule has 1 aliphatic carbocycles. The zero-order valence-corrected chi connectivity index (χ0v) is 14.9. The number of amides is 2. The van der Waals surface area contributed by atoms with Crippen LogP contribution in [0.4, 0.5) is 0 Å². The highest BCUT2D eigenvalue weighted by Gasteiger charge is 2.33. The molecule has 0 bridgehead atoms. The smallest absolute Gasteiger partial charge is 0.227 e. The average molecular weight is 335 g/mol. The summed E-state index contributed by atoms with van der Waals surface area (Å²) in [7, 11) is 0. The third kappa shape index (κ3) is 4.29. The van der Waals surface area contributed by atoms with Crippen molar-refractivity contribution in [1.29, 1.82) is 0 Å². The molecule has 2 atom stereocenters. The van der Waals surface area contributed by atoms with Gasteiger partial charge in [0.2, 0.25) is 11.8 Å². The molecule has 5 heteroatoms. The van der Waals surface area contributed by atoms with E-state index < -0.39 is 0 Å². The fourth-order valence-corrected chi connectivity index (χ4v) is 4.58. The first-order chi connectivity index (χ1) is 11.6. The minimum atomic E-state index is 0.0234. The van der Waals surface area contributed by atoms with Crippen LogP contribution in [0.3, 0.4) is 0 Å². The summed E-state index contributed by atoms with van der Waals surface area (Å²) < 4.78 is 0. The Bertz CT molecular complexity index is 440. The molecule has 3 rings (SSSR count). The fraction of sp³-hybridized carbons (Fsp3) is 0.895. The maximum Gasteiger partial charge on any atom is 0.227 e. The van der Waals surface area contributed by atoms with Crippen molar-refractivity contribution in [3.05, 3.63) is 0 Å². The summed E-state index contributed by atoms with van der Waals surface area (Å²) in [6.07, 6.45) is 10.3. The predicted molar refractivity (Wildman–Crippen MR) is 94.3 cm³/mol. The normalized spacial score (nSPS) is 29.5. The van der Waals surface area contributed by atoms with Gasteiger partial charge in [-0.1, -0.05) is 19.3 Å². The van der Waals surface area contributed by atoms with E-state index in [4.69, 9.17) is 5.73 Å². The average Bonchev–Trinajstić information content (AvgIpc) is 3.04. The lowest BCUT2D eigenvalue weighted by atomic mass is 9.89. The Hall–Kier alpha value is -1.10. The highest BCUT2D eigenvalue weighted by molar-refractivity contribution is 5.80. The van der Waals surface area contributed by atoms with Crippen molar-refractivity contribution in [3.63, 3.8) is 0 Å². The van der Waals surface area contributed by atoms with Gasteiger partial charge in [0, 0.05) is 38.6 Å². The summed E-state index contributed by atoms with van der Waals surface area (Å²) in [4.78, 5) is 29.1. The lowest BCUT2D eigenvalue weighted by Crippen LogP contribution is -2.47. The minimum absolute atomic E-state index is 0.0234. The molecular weight excluding hydrogens is 302 g/mol. The van der Waals surface area contributed by atoms with Crippen LogP contribution in [0.2, 0.25) is 0 Å². The molecule has 3 aliphatic rings. The van der Waals surface area contributed by atoms with Crippen molar-refractivity contribution >= 4 is 11.8 Å². The van der Waals surface area contributed by atoms with E-state index in [9.17, 15) is 9.59 Å². The van der Waals surface area contributed by atoms with E-state index >= 15 is 0 Å². The van der Waals surface area contributed by atoms with Crippen molar-refractivity contribution in [3.8, 4) is 0 Å². The number of carbonyl (C=O) groups is 2. The number of nitrogens with two attached hydrogens (primary N) is 1. The quantitative estimate of drug-likeness (QED) is 0.804. The van der Waals surface area contributed by atoms with Gasteiger partial charge in [-0.2, -0.15) is 0 Å². The highest BCUT2D eigenvalue weighted by Crippen LogP contribution is 2.28. The number of hydrogen-bond acceptors (Lipinski definition) is 3. The third-order valence-corrected chi connectivity index (χ3v) is 6.23. The maximum absolute atomic E-state index is 12.8. The van der Waals surface area contributed by atoms with Gasteiger partial charge in [-0.15, -0.1) is 0 Å². The van der Waals surface area contributed by atoms with Crippen molar-refractivity contribution in [2.24, 2.45) is 17.6 Å². The molecule has 0 aromatic carbocycles. The Morgan fingerprint density at radius 1 is 0.792 bits per heavy atom.